The molecular weight excluding hydrogens is 440 g/mol. The van der Waals surface area contributed by atoms with E-state index in [2.05, 4.69) is 13.2 Å². The number of ketones is 1. The molecule has 1 aliphatic carbocycles. The molecule has 9 nitrogen and oxygen atoms in total. The number of rotatable bonds is 4. The van der Waals surface area contributed by atoms with Crippen LogP contribution in [0.3, 0.4) is 0 Å². The van der Waals surface area contributed by atoms with Crippen LogP contribution < -0.4 is 0 Å². The molecule has 0 bridgehead atoms. The predicted molar refractivity (Wildman–Crippen MR) is 117 cm³/mol. The molecule has 0 saturated carbocycles. The summed E-state index contributed by atoms with van der Waals surface area (Å²) in [6.07, 6.45) is 2.79. The maximum Gasteiger partial charge on any atom is 0.268 e. The number of hydrogen-bond acceptors (Lipinski definition) is 7. The molecule has 1 unspecified atom stereocenters. The largest absolute Gasteiger partial charge is 0.289 e. The van der Waals surface area contributed by atoms with E-state index >= 15 is 0 Å². The molecule has 2 heterocycles. The number of fused-ring (bicyclic) bond motifs is 2. The number of nitrogens with zero attached hydrogens (tertiary/aromatic N) is 2. The molecule has 0 radical (unpaired) electrons. The predicted octanol–water partition coefficient (Wildman–Crippen LogP) is 1.91. The second kappa shape index (κ2) is 7.80. The maximum absolute atomic E-state index is 13.1. The van der Waals surface area contributed by atoms with Crippen LogP contribution in [0, 0.1) is 5.92 Å². The van der Waals surface area contributed by atoms with Gasteiger partial charge in [0, 0.05) is 27.9 Å². The Bertz CT molecular complexity index is 1380. The minimum Gasteiger partial charge on any atom is -0.289 e. The molecule has 1 aromatic carbocycles. The van der Waals surface area contributed by atoms with Crippen molar-refractivity contribution in [2.45, 2.75) is 20.3 Å². The van der Waals surface area contributed by atoms with E-state index in [1.165, 1.54) is 44.2 Å². The van der Waals surface area contributed by atoms with Gasteiger partial charge in [-0.05, 0) is 38.5 Å². The second-order valence-corrected chi connectivity index (χ2v) is 8.23. The molecule has 1 saturated heterocycles. The average molecular weight is 458 g/mol. The van der Waals surface area contributed by atoms with E-state index in [0.717, 1.165) is 0 Å². The van der Waals surface area contributed by atoms with Crippen molar-refractivity contribution in [2.75, 3.05) is 0 Å². The van der Waals surface area contributed by atoms with Gasteiger partial charge in [-0.3, -0.25) is 33.6 Å². The Hall–Kier alpha value is -4.53. The van der Waals surface area contributed by atoms with E-state index in [-0.39, 0.29) is 45.4 Å². The van der Waals surface area contributed by atoms with Gasteiger partial charge in [-0.25, -0.2) is 9.80 Å². The van der Waals surface area contributed by atoms with Crippen LogP contribution >= 0.6 is 0 Å². The first-order chi connectivity index (χ1) is 16.0. The van der Waals surface area contributed by atoms with E-state index in [1.54, 1.807) is 0 Å². The summed E-state index contributed by atoms with van der Waals surface area (Å²) in [7, 11) is 0. The first-order valence-electron chi connectivity index (χ1n) is 10.2. The van der Waals surface area contributed by atoms with Crippen LogP contribution in [0.1, 0.15) is 51.3 Å². The first kappa shape index (κ1) is 22.7. The van der Waals surface area contributed by atoms with Gasteiger partial charge in [-0.2, -0.15) is 0 Å². The van der Waals surface area contributed by atoms with Gasteiger partial charge in [0.05, 0.1) is 17.0 Å². The number of amides is 6. The zero-order valence-corrected chi connectivity index (χ0v) is 18.3. The van der Waals surface area contributed by atoms with Crippen molar-refractivity contribution in [1.82, 2.24) is 9.80 Å². The van der Waals surface area contributed by atoms with E-state index < -0.39 is 47.1 Å². The Kier molecular flexibility index (Phi) is 5.20. The Morgan fingerprint density at radius 2 is 1.44 bits per heavy atom. The number of imide groups is 6. The molecule has 1 fully saturated rings. The van der Waals surface area contributed by atoms with Crippen molar-refractivity contribution in [3.63, 3.8) is 0 Å². The number of carbonyl (C=O) groups is 7. The minimum absolute atomic E-state index is 0.00861. The highest BCUT2D eigenvalue weighted by Gasteiger charge is 2.47. The van der Waals surface area contributed by atoms with Gasteiger partial charge >= 0.3 is 0 Å². The summed E-state index contributed by atoms with van der Waals surface area (Å²) in [6, 6.07) is 3.84. The molecule has 4 rings (SSSR count). The third-order valence-corrected chi connectivity index (χ3v) is 5.78. The molecule has 2 aliphatic heterocycles. The number of carbonyl (C=O) groups excluding carboxylic acids is 7. The van der Waals surface area contributed by atoms with Crippen molar-refractivity contribution >= 4 is 41.2 Å². The minimum atomic E-state index is -0.867. The van der Waals surface area contributed by atoms with Gasteiger partial charge in [0.25, 0.3) is 29.5 Å². The zero-order valence-electron chi connectivity index (χ0n) is 18.3. The lowest BCUT2D eigenvalue weighted by molar-refractivity contribution is -0.147. The van der Waals surface area contributed by atoms with Crippen molar-refractivity contribution in [3.05, 3.63) is 82.5 Å². The van der Waals surface area contributed by atoms with Crippen LogP contribution in [-0.2, 0) is 19.2 Å². The van der Waals surface area contributed by atoms with Gasteiger partial charge < -0.3 is 0 Å². The summed E-state index contributed by atoms with van der Waals surface area (Å²) >= 11 is 0. The summed E-state index contributed by atoms with van der Waals surface area (Å²) in [5.74, 6) is -6.18. The van der Waals surface area contributed by atoms with Crippen LogP contribution in [-0.4, -0.2) is 51.0 Å². The number of Topliss-reactive ketones (excluding diaryl/α,β-unsaturated/α-hetero) is 1. The van der Waals surface area contributed by atoms with Crippen LogP contribution in [0.25, 0.3) is 0 Å². The smallest absolute Gasteiger partial charge is 0.268 e. The molecule has 1 atom stereocenters. The molecule has 6 amide bonds. The van der Waals surface area contributed by atoms with E-state index in [9.17, 15) is 33.6 Å². The number of hydrogen-bond donors (Lipinski definition) is 0. The molecule has 0 N–H and O–H groups in total. The van der Waals surface area contributed by atoms with Gasteiger partial charge in [-0.15, -0.1) is 0 Å². The van der Waals surface area contributed by atoms with Gasteiger partial charge in [-0.1, -0.05) is 25.3 Å². The molecule has 0 aromatic heterocycles. The fourth-order valence-corrected chi connectivity index (χ4v) is 3.99. The average Bonchev–Trinajstić information content (AvgIpc) is 3.20. The summed E-state index contributed by atoms with van der Waals surface area (Å²) < 4.78 is 0. The molecule has 0 spiro atoms. The molecule has 170 valence electrons. The van der Waals surface area contributed by atoms with Crippen LogP contribution in [0.2, 0.25) is 0 Å². The summed E-state index contributed by atoms with van der Waals surface area (Å²) in [4.78, 5) is 88.9. The zero-order chi connectivity index (χ0) is 25.1. The summed E-state index contributed by atoms with van der Waals surface area (Å²) in [5, 5.41) is 0. The first-order valence-corrected chi connectivity index (χ1v) is 10.2. The van der Waals surface area contributed by atoms with E-state index in [0.29, 0.717) is 9.80 Å². The van der Waals surface area contributed by atoms with E-state index in [4.69, 9.17) is 0 Å². The normalized spacial score (nSPS) is 18.9. The van der Waals surface area contributed by atoms with Gasteiger partial charge in [0.1, 0.15) is 0 Å². The molecule has 34 heavy (non-hydrogen) atoms. The Balaban J connectivity index is 1.64. The number of likely N-dealkylation sites (tertiary alicyclic amines) is 1. The second-order valence-electron chi connectivity index (χ2n) is 8.23. The fraction of sp³-hybridized carbons (Fsp3) is 0.160. The topological polar surface area (TPSA) is 126 Å². The molecule has 9 heteroatoms. The van der Waals surface area contributed by atoms with Crippen LogP contribution in [0.4, 0.5) is 0 Å². The quantitative estimate of drug-likeness (QED) is 0.383. The van der Waals surface area contributed by atoms with Crippen molar-refractivity contribution in [2.24, 2.45) is 5.92 Å². The van der Waals surface area contributed by atoms with Crippen LogP contribution in [0.15, 0.2) is 65.8 Å². The fourth-order valence-electron chi connectivity index (χ4n) is 3.99. The summed E-state index contributed by atoms with van der Waals surface area (Å²) in [6.45, 7) is 9.69. The Labute approximate surface area is 193 Å². The molecule has 1 aromatic rings. The highest BCUT2D eigenvalue weighted by Crippen LogP contribution is 2.35. The molecule has 3 aliphatic rings. The lowest BCUT2D eigenvalue weighted by atomic mass is 9.87. The third-order valence-electron chi connectivity index (χ3n) is 5.78. The highest BCUT2D eigenvalue weighted by molar-refractivity contribution is 6.32. The highest BCUT2D eigenvalue weighted by atomic mass is 16.2. The lowest BCUT2D eigenvalue weighted by Crippen LogP contribution is -2.37. The van der Waals surface area contributed by atoms with Crippen molar-refractivity contribution in [3.8, 4) is 0 Å². The maximum atomic E-state index is 13.1. The lowest BCUT2D eigenvalue weighted by Gasteiger charge is -2.13. The SMILES string of the molecule is C=C(C)C(=O)N1C(=O)c2ccc(C(=O)C3=CCC4C(=O)N(C(=O)C(=C)C)C(=O)C4=C3)cc2C1=O. The van der Waals surface area contributed by atoms with Crippen molar-refractivity contribution < 1.29 is 33.6 Å². The Morgan fingerprint density at radius 3 is 2.06 bits per heavy atom. The monoisotopic (exact) mass is 458 g/mol. The number of allylic oxidation sites excluding steroid dienone is 3. The van der Waals surface area contributed by atoms with Gasteiger partial charge in [0.15, 0.2) is 5.78 Å². The van der Waals surface area contributed by atoms with Crippen LogP contribution in [0.5, 0.6) is 0 Å². The standard InChI is InChI=1S/C25H18N2O7/c1-11(2)20(29)26-22(31)15-7-5-13(9-17(15)24(26)33)19(28)14-6-8-16-18(10-14)25(34)27(23(16)32)21(30)12(3)4/h5-7,9-10,16H,1,3,8H2,2,4H3. The van der Waals surface area contributed by atoms with Gasteiger partial charge in [0.2, 0.25) is 5.91 Å². The third kappa shape index (κ3) is 3.21. The Morgan fingerprint density at radius 1 is 0.853 bits per heavy atom. The van der Waals surface area contributed by atoms with E-state index in [1.807, 2.05) is 0 Å². The summed E-state index contributed by atoms with van der Waals surface area (Å²) in [5.41, 5.74) is 0.101. The molecular formula is C25H18N2O7. The van der Waals surface area contributed by atoms with Crippen molar-refractivity contribution in [1.29, 1.82) is 0 Å². The number of benzene rings is 1.